The average Bonchev–Trinajstić information content (AvgIpc) is 2.32. The molecule has 1 saturated heterocycles. The highest BCUT2D eigenvalue weighted by Crippen LogP contribution is 2.19. The molecule has 0 saturated carbocycles. The van der Waals surface area contributed by atoms with Crippen LogP contribution in [-0.2, 0) is 4.74 Å². The third kappa shape index (κ3) is 3.19. The van der Waals surface area contributed by atoms with Crippen LogP contribution in [0.1, 0.15) is 24.8 Å². The van der Waals surface area contributed by atoms with Crippen LogP contribution < -0.4 is 4.74 Å². The normalized spacial score (nSPS) is 20.8. The Morgan fingerprint density at radius 3 is 3.12 bits per heavy atom. The standard InChI is InChI=1S/C12H16BrNO2/c1-9-6-12(14-7-11(9)13)16-8-10-4-2-3-5-15-10/h6-7,10H,2-5,8H2,1H3. The van der Waals surface area contributed by atoms with E-state index >= 15 is 0 Å². The summed E-state index contributed by atoms with van der Waals surface area (Å²) < 4.78 is 12.2. The highest BCUT2D eigenvalue weighted by Gasteiger charge is 2.14. The van der Waals surface area contributed by atoms with Crippen molar-refractivity contribution >= 4 is 15.9 Å². The number of aromatic nitrogens is 1. The quantitative estimate of drug-likeness (QED) is 0.855. The predicted octanol–water partition coefficient (Wildman–Crippen LogP) is 3.10. The first-order valence-electron chi connectivity index (χ1n) is 5.62. The molecule has 1 aliphatic heterocycles. The molecule has 0 bridgehead atoms. The molecular formula is C12H16BrNO2. The molecule has 1 atom stereocenters. The highest BCUT2D eigenvalue weighted by molar-refractivity contribution is 9.10. The van der Waals surface area contributed by atoms with Crippen molar-refractivity contribution in [1.29, 1.82) is 0 Å². The Balaban J connectivity index is 1.86. The Kier molecular flexibility index (Phi) is 4.18. The monoisotopic (exact) mass is 285 g/mol. The lowest BCUT2D eigenvalue weighted by Gasteiger charge is -2.22. The zero-order valence-corrected chi connectivity index (χ0v) is 11.0. The Morgan fingerprint density at radius 1 is 1.56 bits per heavy atom. The first kappa shape index (κ1) is 11.9. The van der Waals surface area contributed by atoms with Gasteiger partial charge in [-0.05, 0) is 47.7 Å². The fraction of sp³-hybridized carbons (Fsp3) is 0.583. The van der Waals surface area contributed by atoms with Crippen molar-refractivity contribution in [2.24, 2.45) is 0 Å². The SMILES string of the molecule is Cc1cc(OCC2CCCCO2)ncc1Br. The summed E-state index contributed by atoms with van der Waals surface area (Å²) in [4.78, 5) is 4.20. The maximum Gasteiger partial charge on any atom is 0.213 e. The van der Waals surface area contributed by atoms with E-state index in [2.05, 4.69) is 20.9 Å². The minimum atomic E-state index is 0.236. The third-order valence-corrected chi connectivity index (χ3v) is 3.54. The van der Waals surface area contributed by atoms with Gasteiger partial charge in [-0.2, -0.15) is 0 Å². The molecule has 0 amide bonds. The largest absolute Gasteiger partial charge is 0.475 e. The van der Waals surface area contributed by atoms with Crippen LogP contribution in [0.2, 0.25) is 0 Å². The fourth-order valence-electron chi connectivity index (χ4n) is 1.71. The molecule has 1 fully saturated rings. The minimum absolute atomic E-state index is 0.236. The van der Waals surface area contributed by atoms with Gasteiger partial charge >= 0.3 is 0 Å². The summed E-state index contributed by atoms with van der Waals surface area (Å²) in [5.41, 5.74) is 1.13. The van der Waals surface area contributed by atoms with E-state index in [9.17, 15) is 0 Å². The van der Waals surface area contributed by atoms with Gasteiger partial charge in [-0.3, -0.25) is 0 Å². The molecule has 88 valence electrons. The van der Waals surface area contributed by atoms with Gasteiger partial charge in [-0.25, -0.2) is 4.98 Å². The van der Waals surface area contributed by atoms with Crippen LogP contribution in [0.15, 0.2) is 16.7 Å². The van der Waals surface area contributed by atoms with Gasteiger partial charge in [0, 0.05) is 23.3 Å². The van der Waals surface area contributed by atoms with Crippen LogP contribution >= 0.6 is 15.9 Å². The second-order valence-corrected chi connectivity index (χ2v) is 4.93. The van der Waals surface area contributed by atoms with Gasteiger partial charge in [0.05, 0.1) is 6.10 Å². The molecular weight excluding hydrogens is 270 g/mol. The molecule has 1 unspecified atom stereocenters. The van der Waals surface area contributed by atoms with E-state index in [-0.39, 0.29) is 6.10 Å². The second-order valence-electron chi connectivity index (χ2n) is 4.07. The van der Waals surface area contributed by atoms with E-state index in [0.717, 1.165) is 23.1 Å². The summed E-state index contributed by atoms with van der Waals surface area (Å²) >= 11 is 3.41. The molecule has 2 heterocycles. The Morgan fingerprint density at radius 2 is 2.44 bits per heavy atom. The average molecular weight is 286 g/mol. The summed E-state index contributed by atoms with van der Waals surface area (Å²) in [5.74, 6) is 0.676. The molecule has 2 rings (SSSR count). The summed E-state index contributed by atoms with van der Waals surface area (Å²) in [6, 6.07) is 1.94. The van der Waals surface area contributed by atoms with Gasteiger partial charge in [-0.1, -0.05) is 0 Å². The predicted molar refractivity (Wildman–Crippen MR) is 65.8 cm³/mol. The van der Waals surface area contributed by atoms with Crippen LogP contribution in [-0.4, -0.2) is 24.3 Å². The summed E-state index contributed by atoms with van der Waals surface area (Å²) in [6.45, 7) is 3.49. The second kappa shape index (κ2) is 5.64. The molecule has 1 aliphatic rings. The van der Waals surface area contributed by atoms with Crippen LogP contribution in [0.25, 0.3) is 0 Å². The molecule has 0 aromatic carbocycles. The van der Waals surface area contributed by atoms with Crippen LogP contribution in [0.4, 0.5) is 0 Å². The zero-order valence-electron chi connectivity index (χ0n) is 9.41. The molecule has 0 aliphatic carbocycles. The highest BCUT2D eigenvalue weighted by atomic mass is 79.9. The number of nitrogens with zero attached hydrogens (tertiary/aromatic N) is 1. The molecule has 1 aromatic heterocycles. The topological polar surface area (TPSA) is 31.4 Å². The number of aryl methyl sites for hydroxylation is 1. The summed E-state index contributed by atoms with van der Waals surface area (Å²) in [6.07, 6.45) is 5.51. The van der Waals surface area contributed by atoms with Crippen molar-refractivity contribution in [2.75, 3.05) is 13.2 Å². The lowest BCUT2D eigenvalue weighted by atomic mass is 10.1. The van der Waals surface area contributed by atoms with Gasteiger partial charge in [0.1, 0.15) is 6.61 Å². The molecule has 1 aromatic rings. The molecule has 0 radical (unpaired) electrons. The van der Waals surface area contributed by atoms with Crippen molar-refractivity contribution in [3.05, 3.63) is 22.3 Å². The Labute approximate surface area is 104 Å². The van der Waals surface area contributed by atoms with E-state index in [4.69, 9.17) is 9.47 Å². The maximum atomic E-state index is 5.62. The minimum Gasteiger partial charge on any atom is -0.475 e. The van der Waals surface area contributed by atoms with Crippen molar-refractivity contribution in [1.82, 2.24) is 4.98 Å². The molecule has 4 heteroatoms. The number of rotatable bonds is 3. The van der Waals surface area contributed by atoms with Gasteiger partial charge in [0.15, 0.2) is 0 Å². The van der Waals surface area contributed by atoms with Crippen molar-refractivity contribution in [3.8, 4) is 5.88 Å². The number of ether oxygens (including phenoxy) is 2. The fourth-order valence-corrected chi connectivity index (χ4v) is 1.93. The van der Waals surface area contributed by atoms with Crippen LogP contribution in [0.5, 0.6) is 5.88 Å². The first-order valence-corrected chi connectivity index (χ1v) is 6.41. The van der Waals surface area contributed by atoms with Crippen molar-refractivity contribution in [3.63, 3.8) is 0 Å². The van der Waals surface area contributed by atoms with E-state index < -0.39 is 0 Å². The van der Waals surface area contributed by atoms with Crippen molar-refractivity contribution in [2.45, 2.75) is 32.3 Å². The molecule has 3 nitrogen and oxygen atoms in total. The van der Waals surface area contributed by atoms with Gasteiger partial charge < -0.3 is 9.47 Å². The van der Waals surface area contributed by atoms with E-state index in [1.165, 1.54) is 12.8 Å². The number of halogens is 1. The summed E-state index contributed by atoms with van der Waals surface area (Å²) in [5, 5.41) is 0. The van der Waals surface area contributed by atoms with Gasteiger partial charge in [-0.15, -0.1) is 0 Å². The molecule has 0 spiro atoms. The molecule has 16 heavy (non-hydrogen) atoms. The van der Waals surface area contributed by atoms with Crippen molar-refractivity contribution < 1.29 is 9.47 Å². The van der Waals surface area contributed by atoms with E-state index in [1.54, 1.807) is 6.20 Å². The Hall–Kier alpha value is -0.610. The lowest BCUT2D eigenvalue weighted by Crippen LogP contribution is -2.25. The lowest BCUT2D eigenvalue weighted by molar-refractivity contribution is -0.0119. The van der Waals surface area contributed by atoms with Crippen LogP contribution in [0, 0.1) is 6.92 Å². The van der Waals surface area contributed by atoms with E-state index in [1.807, 2.05) is 13.0 Å². The summed E-state index contributed by atoms with van der Waals surface area (Å²) in [7, 11) is 0. The smallest absolute Gasteiger partial charge is 0.213 e. The molecule has 0 N–H and O–H groups in total. The number of hydrogen-bond donors (Lipinski definition) is 0. The number of pyridine rings is 1. The van der Waals surface area contributed by atoms with Gasteiger partial charge in [0.2, 0.25) is 5.88 Å². The Bertz CT molecular complexity index is 351. The number of hydrogen-bond acceptors (Lipinski definition) is 3. The first-order chi connectivity index (χ1) is 7.75. The van der Waals surface area contributed by atoms with E-state index in [0.29, 0.717) is 12.5 Å². The third-order valence-electron chi connectivity index (χ3n) is 2.71. The van der Waals surface area contributed by atoms with Crippen LogP contribution in [0.3, 0.4) is 0 Å². The van der Waals surface area contributed by atoms with Gasteiger partial charge in [0.25, 0.3) is 0 Å². The maximum absolute atomic E-state index is 5.62. The zero-order chi connectivity index (χ0) is 11.4.